The summed E-state index contributed by atoms with van der Waals surface area (Å²) in [5.41, 5.74) is 8.93. The molecule has 0 radical (unpaired) electrons. The molecule has 5 aromatic rings. The molecule has 6 unspecified atom stereocenters. The highest BCUT2D eigenvalue weighted by atomic mass is 15.5. The molecule has 1 saturated heterocycles. The Hall–Kier alpha value is -5.36. The van der Waals surface area contributed by atoms with Gasteiger partial charge in [0.05, 0.1) is 11.4 Å². The molecule has 1 saturated carbocycles. The Morgan fingerprint density at radius 3 is 1.85 bits per heavy atom. The predicted molar refractivity (Wildman–Crippen MR) is 194 cm³/mol. The molecular weight excluding hydrogens is 589 g/mol. The lowest BCUT2D eigenvalue weighted by molar-refractivity contribution is 0.215. The molecule has 236 valence electrons. The van der Waals surface area contributed by atoms with E-state index < -0.39 is 0 Å². The average Bonchev–Trinajstić information content (AvgIpc) is 3.36. The maximum absolute atomic E-state index is 4.97. The molecule has 48 heavy (non-hydrogen) atoms. The Morgan fingerprint density at radius 1 is 0.604 bits per heavy atom. The maximum atomic E-state index is 4.97. The van der Waals surface area contributed by atoms with Crippen molar-refractivity contribution < 1.29 is 0 Å². The molecule has 4 aromatic carbocycles. The molecule has 2 aliphatic carbocycles. The van der Waals surface area contributed by atoms with Crippen molar-refractivity contribution in [3.8, 4) is 0 Å². The van der Waals surface area contributed by atoms with Gasteiger partial charge in [-0.3, -0.25) is 0 Å². The third-order valence-electron chi connectivity index (χ3n) is 12.3. The predicted octanol–water partition coefficient (Wildman–Crippen LogP) is 9.68. The van der Waals surface area contributed by atoms with Crippen LogP contribution in [0.1, 0.15) is 38.7 Å². The second-order valence-corrected chi connectivity index (χ2v) is 14.2. The topological polar surface area (TPSA) is 38.7 Å². The minimum Gasteiger partial charge on any atom is -0.321 e. The van der Waals surface area contributed by atoms with E-state index in [1.165, 1.54) is 34.0 Å². The van der Waals surface area contributed by atoms with Gasteiger partial charge in [-0.1, -0.05) is 92.7 Å². The fourth-order valence-corrected chi connectivity index (χ4v) is 10.2. The smallest absolute Gasteiger partial charge is 0.178 e. The minimum absolute atomic E-state index is 0.00605. The number of allylic oxidation sites excluding steroid dienone is 4. The Kier molecular flexibility index (Phi) is 5.68. The minimum atomic E-state index is -0.0710. The summed E-state index contributed by atoms with van der Waals surface area (Å²) in [5, 5.41) is 0. The molecule has 0 spiro atoms. The molecule has 2 fully saturated rings. The number of hydrogen-bond donors (Lipinski definition) is 0. The first kappa shape index (κ1) is 27.7. The van der Waals surface area contributed by atoms with Crippen LogP contribution in [0.25, 0.3) is 0 Å². The van der Waals surface area contributed by atoms with Crippen LogP contribution in [-0.4, -0.2) is 22.3 Å². The van der Waals surface area contributed by atoms with Gasteiger partial charge in [0.25, 0.3) is 0 Å². The van der Waals surface area contributed by atoms with Gasteiger partial charge >= 0.3 is 0 Å². The van der Waals surface area contributed by atoms with Gasteiger partial charge in [0, 0.05) is 52.4 Å². The van der Waals surface area contributed by atoms with Gasteiger partial charge in [-0.05, 0) is 72.9 Å². The molecule has 0 amide bonds. The lowest BCUT2D eigenvalue weighted by atomic mass is 9.72. The number of fused-ring (bicyclic) bond motifs is 9. The summed E-state index contributed by atoms with van der Waals surface area (Å²) in [6, 6.07) is 39.7. The molecule has 0 N–H and O–H groups in total. The summed E-state index contributed by atoms with van der Waals surface area (Å²) in [4.78, 5) is 19.9. The molecule has 0 bridgehead atoms. The van der Waals surface area contributed by atoms with Crippen LogP contribution in [0.4, 0.5) is 40.1 Å². The Morgan fingerprint density at radius 2 is 1.17 bits per heavy atom. The molecule has 10 rings (SSSR count). The van der Waals surface area contributed by atoms with Crippen molar-refractivity contribution in [1.29, 1.82) is 0 Å². The number of anilines is 7. The zero-order chi connectivity index (χ0) is 32.2. The summed E-state index contributed by atoms with van der Waals surface area (Å²) < 4.78 is 0. The lowest BCUT2D eigenvalue weighted by Gasteiger charge is -2.49. The normalized spacial score (nSPS) is 29.1. The number of benzene rings is 4. The summed E-state index contributed by atoms with van der Waals surface area (Å²) in [6.07, 6.45) is 11.8. The third-order valence-corrected chi connectivity index (χ3v) is 12.3. The first-order valence-electron chi connectivity index (χ1n) is 17.2. The second kappa shape index (κ2) is 9.83. The van der Waals surface area contributed by atoms with Crippen LogP contribution in [-0.2, 0) is 0 Å². The molecule has 3 aliphatic heterocycles. The maximum Gasteiger partial charge on any atom is 0.178 e. The van der Waals surface area contributed by atoms with Crippen LogP contribution in [0.5, 0.6) is 0 Å². The monoisotopic (exact) mass is 626 g/mol. The quantitative estimate of drug-likeness (QED) is 0.198. The van der Waals surface area contributed by atoms with E-state index in [9.17, 15) is 0 Å². The summed E-state index contributed by atoms with van der Waals surface area (Å²) in [6.45, 7) is 7.42. The summed E-state index contributed by atoms with van der Waals surface area (Å²) in [5.74, 6) is 2.50. The highest BCUT2D eigenvalue weighted by molar-refractivity contribution is 5.89. The average molecular weight is 627 g/mol. The van der Waals surface area contributed by atoms with Gasteiger partial charge < -0.3 is 19.6 Å². The highest BCUT2D eigenvalue weighted by Gasteiger charge is 2.82. The van der Waals surface area contributed by atoms with E-state index in [2.05, 4.69) is 168 Å². The van der Waals surface area contributed by atoms with E-state index in [1.54, 1.807) is 0 Å². The van der Waals surface area contributed by atoms with E-state index in [-0.39, 0.29) is 23.2 Å². The van der Waals surface area contributed by atoms with Crippen molar-refractivity contribution in [2.24, 2.45) is 16.7 Å². The first-order chi connectivity index (χ1) is 23.5. The van der Waals surface area contributed by atoms with Gasteiger partial charge in [-0.25, -0.2) is 9.97 Å². The Labute approximate surface area is 282 Å². The number of hydrogen-bond acceptors (Lipinski definition) is 6. The van der Waals surface area contributed by atoms with Crippen molar-refractivity contribution in [1.82, 2.24) is 9.97 Å². The fourth-order valence-electron chi connectivity index (χ4n) is 10.2. The van der Waals surface area contributed by atoms with Crippen LogP contribution >= 0.6 is 0 Å². The van der Waals surface area contributed by atoms with E-state index in [0.717, 1.165) is 23.7 Å². The third kappa shape index (κ3) is 3.37. The standard InChI is InChI=1S/C42H38N6/c1-28-45(29-16-6-4-7-17-29)38-39(44-27-26-43-38)46(28)33-22-12-10-20-31(33)37-41(2)32-21-11-13-23-34(32)48-36-25-15-14-24-35(36)47(40(48)42(37,41)3)30-18-8-5-9-19-30/h4-20,22-28,32,37,40H,21H2,1-3H3. The number of para-hydroxylation sites is 5. The number of piperidine rings is 1. The molecule has 6 heteroatoms. The van der Waals surface area contributed by atoms with E-state index in [4.69, 9.17) is 9.97 Å². The van der Waals surface area contributed by atoms with Crippen LogP contribution in [0.15, 0.2) is 146 Å². The molecule has 6 atom stereocenters. The zero-order valence-corrected chi connectivity index (χ0v) is 27.5. The summed E-state index contributed by atoms with van der Waals surface area (Å²) in [7, 11) is 0. The van der Waals surface area contributed by atoms with Gasteiger partial charge in [-0.15, -0.1) is 0 Å². The largest absolute Gasteiger partial charge is 0.321 e. The van der Waals surface area contributed by atoms with Gasteiger partial charge in [0.1, 0.15) is 12.3 Å². The number of rotatable bonds is 4. The van der Waals surface area contributed by atoms with Gasteiger partial charge in [0.2, 0.25) is 0 Å². The lowest BCUT2D eigenvalue weighted by Crippen LogP contribution is -2.54. The number of aromatic nitrogens is 2. The molecular formula is C42H38N6. The Balaban J connectivity index is 1.16. The summed E-state index contributed by atoms with van der Waals surface area (Å²) >= 11 is 0. The first-order valence-corrected chi connectivity index (χ1v) is 17.2. The van der Waals surface area contributed by atoms with Crippen molar-refractivity contribution >= 4 is 40.1 Å². The molecule has 5 aliphatic rings. The van der Waals surface area contributed by atoms with Crippen molar-refractivity contribution in [2.45, 2.75) is 45.4 Å². The van der Waals surface area contributed by atoms with E-state index in [1.807, 2.05) is 12.4 Å². The highest BCUT2D eigenvalue weighted by Crippen LogP contribution is 2.85. The van der Waals surface area contributed by atoms with Crippen LogP contribution in [0, 0.1) is 16.7 Å². The SMILES string of the molecule is CC1N(c2ccccc2)c2nccnc2N1c1ccccc1C1C2(C)C3CC=CC=C3N3c4ccccc4N(c4ccccc4)C3C12C. The van der Waals surface area contributed by atoms with E-state index >= 15 is 0 Å². The van der Waals surface area contributed by atoms with Crippen molar-refractivity contribution in [3.63, 3.8) is 0 Å². The van der Waals surface area contributed by atoms with Crippen molar-refractivity contribution in [2.75, 3.05) is 19.6 Å². The Bertz CT molecular complexity index is 2130. The van der Waals surface area contributed by atoms with E-state index in [0.29, 0.717) is 11.8 Å². The molecule has 1 aromatic heterocycles. The van der Waals surface area contributed by atoms with Crippen molar-refractivity contribution in [3.05, 3.63) is 151 Å². The van der Waals surface area contributed by atoms with Crippen LogP contribution < -0.4 is 19.6 Å². The molecule has 4 heterocycles. The molecule has 6 nitrogen and oxygen atoms in total. The van der Waals surface area contributed by atoms with Gasteiger partial charge in [-0.2, -0.15) is 0 Å². The zero-order valence-electron chi connectivity index (χ0n) is 27.5. The number of nitrogens with zero attached hydrogens (tertiary/aromatic N) is 6. The van der Waals surface area contributed by atoms with Crippen LogP contribution in [0.3, 0.4) is 0 Å². The van der Waals surface area contributed by atoms with Gasteiger partial charge in [0.15, 0.2) is 11.6 Å². The van der Waals surface area contributed by atoms with Crippen LogP contribution in [0.2, 0.25) is 0 Å². The fraction of sp³-hybridized carbons (Fsp3) is 0.238. The second-order valence-electron chi connectivity index (χ2n) is 14.2.